The molecule has 0 aliphatic rings. The average Bonchev–Trinajstić information content (AvgIpc) is 2.84. The number of hydrogen-bond donors (Lipinski definition) is 1. The van der Waals surface area contributed by atoms with Gasteiger partial charge in [-0.2, -0.15) is 10.2 Å². The second kappa shape index (κ2) is 9.38. The van der Waals surface area contributed by atoms with Crippen LogP contribution in [0.5, 0.6) is 5.75 Å². The number of allylic oxidation sites excluding steroid dienone is 1. The summed E-state index contributed by atoms with van der Waals surface area (Å²) in [4.78, 5) is 25.0. The molecule has 0 saturated heterocycles. The highest BCUT2D eigenvalue weighted by molar-refractivity contribution is 14.1. The molecular weight excluding hydrogens is 479 g/mol. The summed E-state index contributed by atoms with van der Waals surface area (Å²) >= 11 is 1.81. The van der Waals surface area contributed by atoms with Crippen molar-refractivity contribution >= 4 is 45.8 Å². The highest BCUT2D eigenvalue weighted by Crippen LogP contribution is 2.24. The second-order valence-electron chi connectivity index (χ2n) is 6.30. The molecule has 0 saturated carbocycles. The normalized spacial score (nSPS) is 11.2. The number of nitrogens with zero attached hydrogens (tertiary/aromatic N) is 2. The summed E-state index contributed by atoms with van der Waals surface area (Å²) in [5, 5.41) is 18.6. The van der Waals surface area contributed by atoms with Crippen LogP contribution in [0.2, 0.25) is 0 Å². The fourth-order valence-electron chi connectivity index (χ4n) is 2.49. The van der Waals surface area contributed by atoms with E-state index in [2.05, 4.69) is 10.2 Å². The van der Waals surface area contributed by atoms with Gasteiger partial charge < -0.3 is 5.11 Å². The summed E-state index contributed by atoms with van der Waals surface area (Å²) in [7, 11) is 0. The molecule has 144 valence electrons. The van der Waals surface area contributed by atoms with Crippen LogP contribution in [0, 0.1) is 10.5 Å². The smallest absolute Gasteiger partial charge is 0.234 e. The molecule has 0 fully saturated rings. The first-order chi connectivity index (χ1) is 13.9. The number of hydrogen-bond acceptors (Lipinski definition) is 5. The van der Waals surface area contributed by atoms with Gasteiger partial charge in [-0.15, -0.1) is 0 Å². The monoisotopic (exact) mass is 496 g/mol. The minimum absolute atomic E-state index is 0.122. The van der Waals surface area contributed by atoms with E-state index in [0.717, 1.165) is 11.1 Å². The van der Waals surface area contributed by atoms with Gasteiger partial charge in [0.1, 0.15) is 0 Å². The van der Waals surface area contributed by atoms with Crippen molar-refractivity contribution in [2.45, 2.75) is 6.92 Å². The number of benzene rings is 2. The Morgan fingerprint density at radius 2 is 1.62 bits per heavy atom. The van der Waals surface area contributed by atoms with Crippen LogP contribution in [0.3, 0.4) is 0 Å². The third-order valence-corrected chi connectivity index (χ3v) is 4.86. The zero-order valence-electron chi connectivity index (χ0n) is 15.5. The fourth-order valence-corrected chi connectivity index (χ4v) is 3.06. The van der Waals surface area contributed by atoms with E-state index in [-0.39, 0.29) is 9.13 Å². The zero-order chi connectivity index (χ0) is 20.8. The van der Waals surface area contributed by atoms with E-state index in [1.54, 1.807) is 28.7 Å². The van der Waals surface area contributed by atoms with Crippen LogP contribution < -0.4 is 5.43 Å². The molecule has 5 nitrogen and oxygen atoms in total. The lowest BCUT2D eigenvalue weighted by atomic mass is 10.1. The Bertz CT molecular complexity index is 1160. The average molecular weight is 496 g/mol. The van der Waals surface area contributed by atoms with E-state index in [4.69, 9.17) is 0 Å². The maximum atomic E-state index is 12.6. The summed E-state index contributed by atoms with van der Waals surface area (Å²) < 4.78 is 0.240. The summed E-state index contributed by atoms with van der Waals surface area (Å²) in [5.41, 5.74) is 2.12. The predicted octanol–water partition coefficient (Wildman–Crippen LogP) is 5.98. The number of aromatic hydroxyl groups is 1. The van der Waals surface area contributed by atoms with Crippen molar-refractivity contribution in [3.63, 3.8) is 0 Å². The van der Waals surface area contributed by atoms with E-state index in [9.17, 15) is 14.7 Å². The van der Waals surface area contributed by atoms with Crippen LogP contribution in [0.15, 0.2) is 87.8 Å². The summed E-state index contributed by atoms with van der Waals surface area (Å²) in [6.45, 7) is 1.97. The number of rotatable bonds is 5. The van der Waals surface area contributed by atoms with Crippen molar-refractivity contribution < 1.29 is 9.90 Å². The molecule has 3 aromatic rings. The lowest BCUT2D eigenvalue weighted by Crippen LogP contribution is -2.04. The van der Waals surface area contributed by atoms with Gasteiger partial charge in [-0.05, 0) is 65.4 Å². The van der Waals surface area contributed by atoms with Crippen LogP contribution in [0.25, 0.3) is 6.08 Å². The van der Waals surface area contributed by atoms with Crippen LogP contribution in [0.1, 0.15) is 21.5 Å². The molecular formula is C23H17IN2O3. The quantitative estimate of drug-likeness (QED) is 0.204. The molecule has 0 aliphatic carbocycles. The molecule has 0 amide bonds. The van der Waals surface area contributed by atoms with Crippen LogP contribution in [-0.4, -0.2) is 10.9 Å². The van der Waals surface area contributed by atoms with Gasteiger partial charge in [0, 0.05) is 0 Å². The predicted molar refractivity (Wildman–Crippen MR) is 122 cm³/mol. The van der Waals surface area contributed by atoms with Crippen LogP contribution >= 0.6 is 22.6 Å². The topological polar surface area (TPSA) is 79.1 Å². The van der Waals surface area contributed by atoms with E-state index in [1.807, 2.05) is 61.5 Å². The van der Waals surface area contributed by atoms with E-state index >= 15 is 0 Å². The van der Waals surface area contributed by atoms with E-state index < -0.39 is 17.0 Å². The third kappa shape index (κ3) is 5.45. The molecule has 29 heavy (non-hydrogen) atoms. The largest absolute Gasteiger partial charge is 0.504 e. The summed E-state index contributed by atoms with van der Waals surface area (Å²) in [6.07, 6.45) is 2.94. The lowest BCUT2D eigenvalue weighted by molar-refractivity contribution is 0.104. The minimum atomic E-state index is -0.626. The van der Waals surface area contributed by atoms with Crippen molar-refractivity contribution in [1.82, 2.24) is 0 Å². The number of carbonyl (C=O) groups is 1. The van der Waals surface area contributed by atoms with E-state index in [1.165, 1.54) is 18.2 Å². The lowest BCUT2D eigenvalue weighted by Gasteiger charge is -1.97. The molecule has 0 radical (unpaired) electrons. The highest BCUT2D eigenvalue weighted by Gasteiger charge is 2.14. The number of halogens is 1. The minimum Gasteiger partial charge on any atom is -0.504 e. The first-order valence-corrected chi connectivity index (χ1v) is 9.84. The molecule has 6 heteroatoms. The molecule has 0 unspecified atom stereocenters. The molecule has 0 spiro atoms. The highest BCUT2D eigenvalue weighted by atomic mass is 127. The van der Waals surface area contributed by atoms with Gasteiger partial charge in [-0.1, -0.05) is 54.1 Å². The molecule has 0 aliphatic heterocycles. The number of aryl methyl sites for hydroxylation is 1. The molecule has 0 atom stereocenters. The summed E-state index contributed by atoms with van der Waals surface area (Å²) in [5.74, 6) is -1.10. The van der Waals surface area contributed by atoms with Gasteiger partial charge in [-0.3, -0.25) is 9.59 Å². The Balaban J connectivity index is 1.99. The molecule has 0 bridgehead atoms. The SMILES string of the molecule is Cc1ccc(N=Nc2cc(C(=O)/C=C/c3ccccc3)c(O)c(=O)c(I)c2)cc1. The molecule has 3 aromatic carbocycles. The number of azo groups is 1. The zero-order valence-corrected chi connectivity index (χ0v) is 17.7. The van der Waals surface area contributed by atoms with Crippen molar-refractivity contribution in [2.24, 2.45) is 10.2 Å². The standard InChI is InChI=1S/C23H17IN2O3/c1-15-7-10-17(11-8-15)25-26-18-13-19(22(28)23(29)20(24)14-18)21(27)12-9-16-5-3-2-4-6-16/h2-14H,1H3,(H,28,29)/b12-9+,26-25?. The van der Waals surface area contributed by atoms with E-state index in [0.29, 0.717) is 11.4 Å². The van der Waals surface area contributed by atoms with Crippen molar-refractivity contribution in [1.29, 1.82) is 0 Å². The number of ketones is 1. The number of carbonyl (C=O) groups excluding carboxylic acids is 1. The molecule has 3 rings (SSSR count). The van der Waals surface area contributed by atoms with Crippen molar-refractivity contribution in [3.8, 4) is 5.75 Å². The fraction of sp³-hybridized carbons (Fsp3) is 0.0435. The molecule has 1 N–H and O–H groups in total. The first kappa shape index (κ1) is 20.6. The van der Waals surface area contributed by atoms with Gasteiger partial charge in [0.15, 0.2) is 11.5 Å². The molecule has 0 heterocycles. The van der Waals surface area contributed by atoms with Gasteiger partial charge in [0.2, 0.25) is 5.43 Å². The third-order valence-electron chi connectivity index (χ3n) is 4.06. The van der Waals surface area contributed by atoms with Crippen LogP contribution in [0.4, 0.5) is 11.4 Å². The Labute approximate surface area is 181 Å². The van der Waals surface area contributed by atoms with Crippen molar-refractivity contribution in [3.05, 3.63) is 103 Å². The van der Waals surface area contributed by atoms with Crippen LogP contribution in [-0.2, 0) is 0 Å². The Morgan fingerprint density at radius 3 is 2.31 bits per heavy atom. The van der Waals surface area contributed by atoms with Gasteiger partial charge in [-0.25, -0.2) is 0 Å². The Morgan fingerprint density at radius 1 is 0.966 bits per heavy atom. The van der Waals surface area contributed by atoms with Gasteiger partial charge >= 0.3 is 0 Å². The van der Waals surface area contributed by atoms with Gasteiger partial charge in [0.05, 0.1) is 20.5 Å². The Hall–Kier alpha value is -3.13. The Kier molecular flexibility index (Phi) is 6.66. The maximum absolute atomic E-state index is 12.6. The summed E-state index contributed by atoms with van der Waals surface area (Å²) in [6, 6.07) is 19.6. The van der Waals surface area contributed by atoms with Gasteiger partial charge in [0.25, 0.3) is 0 Å². The maximum Gasteiger partial charge on any atom is 0.234 e. The second-order valence-corrected chi connectivity index (χ2v) is 7.46. The van der Waals surface area contributed by atoms with Crippen molar-refractivity contribution in [2.75, 3.05) is 0 Å². The molecule has 0 aromatic heterocycles. The first-order valence-electron chi connectivity index (χ1n) is 8.77.